The molecule has 1 spiro atoms. The lowest BCUT2D eigenvalue weighted by atomic mass is 9.73. The van der Waals surface area contributed by atoms with E-state index in [1.165, 1.54) is 17.0 Å². The van der Waals surface area contributed by atoms with E-state index in [1.54, 1.807) is 44.2 Å². The summed E-state index contributed by atoms with van der Waals surface area (Å²) in [5.41, 5.74) is -3.31. The number of hydrogen-bond acceptors (Lipinski definition) is 11. The van der Waals surface area contributed by atoms with Crippen LogP contribution < -0.4 is 15.0 Å². The summed E-state index contributed by atoms with van der Waals surface area (Å²) in [7, 11) is 4.18. The SMILES string of the molecule is CCOc1ccc(N2C(C(=O)OC)=C(C(=O)OC)C(C(=O)OC)=C(C(=O)OC)C23C(=O)Nc2ccc(C)cc23)cc1. The smallest absolute Gasteiger partial charge is 0.355 e. The van der Waals surface area contributed by atoms with Gasteiger partial charge in [-0.2, -0.15) is 0 Å². The molecule has 0 fully saturated rings. The van der Waals surface area contributed by atoms with Crippen LogP contribution >= 0.6 is 0 Å². The first-order valence-electron chi connectivity index (χ1n) is 12.4. The Morgan fingerprint density at radius 3 is 1.95 bits per heavy atom. The highest BCUT2D eigenvalue weighted by atomic mass is 16.5. The molecule has 0 aliphatic carbocycles. The average molecular weight is 565 g/mol. The molecule has 0 saturated carbocycles. The molecule has 0 bridgehead atoms. The fourth-order valence-corrected chi connectivity index (χ4v) is 5.12. The number of nitrogens with zero attached hydrogens (tertiary/aromatic N) is 1. The van der Waals surface area contributed by atoms with E-state index in [2.05, 4.69) is 5.32 Å². The number of rotatable bonds is 7. The quantitative estimate of drug-likeness (QED) is 0.390. The van der Waals surface area contributed by atoms with E-state index in [1.807, 2.05) is 0 Å². The highest BCUT2D eigenvalue weighted by molar-refractivity contribution is 6.25. The van der Waals surface area contributed by atoms with Crippen LogP contribution in [-0.4, -0.2) is 64.8 Å². The van der Waals surface area contributed by atoms with Gasteiger partial charge in [-0.15, -0.1) is 0 Å². The van der Waals surface area contributed by atoms with Gasteiger partial charge in [0.1, 0.15) is 17.0 Å². The number of benzene rings is 2. The number of carbonyl (C=O) groups excluding carboxylic acids is 5. The van der Waals surface area contributed by atoms with Gasteiger partial charge in [0.2, 0.25) is 0 Å². The molecule has 2 aromatic carbocycles. The van der Waals surface area contributed by atoms with Crippen molar-refractivity contribution >= 4 is 41.2 Å². The lowest BCUT2D eigenvalue weighted by molar-refractivity contribution is -0.143. The third-order valence-electron chi connectivity index (χ3n) is 6.75. The predicted octanol–water partition coefficient (Wildman–Crippen LogP) is 2.30. The fourth-order valence-electron chi connectivity index (χ4n) is 5.12. The van der Waals surface area contributed by atoms with Crippen molar-refractivity contribution in [1.29, 1.82) is 0 Å². The number of anilines is 2. The monoisotopic (exact) mass is 564 g/mol. The van der Waals surface area contributed by atoms with Gasteiger partial charge < -0.3 is 33.9 Å². The van der Waals surface area contributed by atoms with E-state index >= 15 is 0 Å². The zero-order valence-electron chi connectivity index (χ0n) is 23.3. The Balaban J connectivity index is 2.31. The van der Waals surface area contributed by atoms with Crippen LogP contribution in [0.5, 0.6) is 5.75 Å². The van der Waals surface area contributed by atoms with E-state index in [4.69, 9.17) is 23.7 Å². The minimum absolute atomic E-state index is 0.171. The van der Waals surface area contributed by atoms with E-state index in [9.17, 15) is 24.0 Å². The third kappa shape index (κ3) is 4.37. The van der Waals surface area contributed by atoms with Crippen LogP contribution in [0.1, 0.15) is 18.1 Å². The molecule has 1 atom stereocenters. The zero-order valence-corrected chi connectivity index (χ0v) is 23.3. The van der Waals surface area contributed by atoms with Gasteiger partial charge in [-0.3, -0.25) is 4.79 Å². The lowest BCUT2D eigenvalue weighted by Crippen LogP contribution is -2.59. The minimum atomic E-state index is -2.24. The zero-order chi connectivity index (χ0) is 30.1. The largest absolute Gasteiger partial charge is 0.494 e. The van der Waals surface area contributed by atoms with Crippen molar-refractivity contribution in [3.63, 3.8) is 0 Å². The maximum atomic E-state index is 14.3. The van der Waals surface area contributed by atoms with Gasteiger partial charge in [0.05, 0.1) is 46.2 Å². The highest BCUT2D eigenvalue weighted by Gasteiger charge is 2.64. The standard InChI is InChI=1S/C29H28N2O10/c1-7-41-17-11-9-16(10-12-17)31-23(27(35)40-6)21(25(33)38-4)20(24(32)37-3)22(26(34)39-5)29(31)18-14-15(2)8-13-19(18)30-28(29)36/h8-14H,7H2,1-6H3,(H,30,36). The Labute approximate surface area is 235 Å². The third-order valence-corrected chi connectivity index (χ3v) is 6.75. The number of nitrogens with one attached hydrogen (secondary N) is 1. The summed E-state index contributed by atoms with van der Waals surface area (Å²) in [6.45, 7) is 3.94. The van der Waals surface area contributed by atoms with Crippen molar-refractivity contribution in [3.8, 4) is 5.75 Å². The first-order valence-corrected chi connectivity index (χ1v) is 12.4. The topological polar surface area (TPSA) is 147 Å². The Morgan fingerprint density at radius 1 is 0.805 bits per heavy atom. The first-order chi connectivity index (χ1) is 19.6. The molecule has 4 rings (SSSR count). The van der Waals surface area contributed by atoms with Crippen LogP contribution in [0.25, 0.3) is 0 Å². The van der Waals surface area contributed by atoms with Gasteiger partial charge in [-0.05, 0) is 44.2 Å². The maximum Gasteiger partial charge on any atom is 0.355 e. The van der Waals surface area contributed by atoms with Crippen molar-refractivity contribution in [1.82, 2.24) is 0 Å². The van der Waals surface area contributed by atoms with Crippen LogP contribution in [0.3, 0.4) is 0 Å². The van der Waals surface area contributed by atoms with Gasteiger partial charge >= 0.3 is 23.9 Å². The summed E-state index contributed by atoms with van der Waals surface area (Å²) in [6.07, 6.45) is 0. The van der Waals surface area contributed by atoms with Crippen molar-refractivity contribution < 1.29 is 47.7 Å². The van der Waals surface area contributed by atoms with Gasteiger partial charge in [0.25, 0.3) is 5.91 Å². The minimum Gasteiger partial charge on any atom is -0.494 e. The van der Waals surface area contributed by atoms with E-state index in [0.29, 0.717) is 23.6 Å². The maximum absolute atomic E-state index is 14.3. The summed E-state index contributed by atoms with van der Waals surface area (Å²) in [5, 5.41) is 2.75. The molecule has 2 heterocycles. The molecule has 1 amide bonds. The second-order valence-corrected chi connectivity index (χ2v) is 8.92. The van der Waals surface area contributed by atoms with Crippen molar-refractivity contribution in [2.24, 2.45) is 0 Å². The molecule has 2 aliphatic rings. The number of fused-ring (bicyclic) bond motifs is 2. The van der Waals surface area contributed by atoms with Gasteiger partial charge in [-0.1, -0.05) is 17.7 Å². The molecular weight excluding hydrogens is 536 g/mol. The molecule has 214 valence electrons. The average Bonchev–Trinajstić information content (AvgIpc) is 3.26. The van der Waals surface area contributed by atoms with E-state index in [-0.39, 0.29) is 11.3 Å². The molecule has 12 nitrogen and oxygen atoms in total. The Bertz CT molecular complexity index is 1520. The van der Waals surface area contributed by atoms with Gasteiger partial charge in [-0.25, -0.2) is 19.2 Å². The molecule has 1 N–H and O–H groups in total. The first kappa shape index (κ1) is 28.9. The molecule has 0 aromatic heterocycles. The van der Waals surface area contributed by atoms with Crippen LogP contribution in [-0.2, 0) is 48.5 Å². The fraction of sp³-hybridized carbons (Fsp3) is 0.276. The molecule has 0 radical (unpaired) electrons. The van der Waals surface area contributed by atoms with Crippen molar-refractivity contribution in [3.05, 3.63) is 76.0 Å². The number of hydrogen-bond donors (Lipinski definition) is 1. The molecule has 0 saturated heterocycles. The molecule has 2 aromatic rings. The van der Waals surface area contributed by atoms with E-state index in [0.717, 1.165) is 28.4 Å². The van der Waals surface area contributed by atoms with Crippen LogP contribution in [0.15, 0.2) is 64.9 Å². The number of esters is 4. The second kappa shape index (κ2) is 11.2. The number of carbonyl (C=O) groups is 5. The van der Waals surface area contributed by atoms with Crippen molar-refractivity contribution in [2.45, 2.75) is 19.4 Å². The number of amides is 1. The molecule has 2 aliphatic heterocycles. The summed E-state index contributed by atoms with van der Waals surface area (Å²) >= 11 is 0. The molecule has 12 heteroatoms. The summed E-state index contributed by atoms with van der Waals surface area (Å²) in [6, 6.07) is 11.2. The van der Waals surface area contributed by atoms with Crippen molar-refractivity contribution in [2.75, 3.05) is 45.3 Å². The summed E-state index contributed by atoms with van der Waals surface area (Å²) in [4.78, 5) is 69.6. The summed E-state index contributed by atoms with van der Waals surface area (Å²) < 4.78 is 25.6. The molecular formula is C29H28N2O10. The van der Waals surface area contributed by atoms with Gasteiger partial charge in [0, 0.05) is 16.9 Å². The Kier molecular flexibility index (Phi) is 7.86. The van der Waals surface area contributed by atoms with Crippen LogP contribution in [0.4, 0.5) is 11.4 Å². The van der Waals surface area contributed by atoms with E-state index < -0.39 is 57.7 Å². The second-order valence-electron chi connectivity index (χ2n) is 8.92. The normalized spacial score (nSPS) is 17.6. The highest BCUT2D eigenvalue weighted by Crippen LogP contribution is 2.54. The molecule has 1 unspecified atom stereocenters. The number of ether oxygens (including phenoxy) is 5. The Morgan fingerprint density at radius 2 is 1.39 bits per heavy atom. The predicted molar refractivity (Wildman–Crippen MR) is 144 cm³/mol. The Hall–Kier alpha value is -5.13. The molecule has 41 heavy (non-hydrogen) atoms. The number of aryl methyl sites for hydroxylation is 1. The summed E-state index contributed by atoms with van der Waals surface area (Å²) in [5.74, 6) is -4.91. The van der Waals surface area contributed by atoms with Crippen LogP contribution in [0.2, 0.25) is 0 Å². The van der Waals surface area contributed by atoms with Gasteiger partial charge in [0.15, 0.2) is 5.54 Å². The van der Waals surface area contributed by atoms with Crippen LogP contribution in [0, 0.1) is 6.92 Å². The number of methoxy groups -OCH3 is 4. The lowest BCUT2D eigenvalue weighted by Gasteiger charge is -2.46.